The van der Waals surface area contributed by atoms with E-state index in [4.69, 9.17) is 28.9 Å². The Balaban J connectivity index is 2.54. The van der Waals surface area contributed by atoms with Crippen molar-refractivity contribution in [2.45, 2.75) is 18.8 Å². The molecule has 4 heteroatoms. The van der Waals surface area contributed by atoms with E-state index in [-0.39, 0.29) is 11.8 Å². The van der Waals surface area contributed by atoms with Crippen molar-refractivity contribution in [2.75, 3.05) is 0 Å². The number of aryl methyl sites for hydroxylation is 1. The van der Waals surface area contributed by atoms with Crippen molar-refractivity contribution < 1.29 is 4.79 Å². The molecule has 2 N–H and O–H groups in total. The smallest absolute Gasteiger partial charge is 0.225 e. The minimum absolute atomic E-state index is 0.241. The van der Waals surface area contributed by atoms with E-state index in [0.717, 1.165) is 24.0 Å². The molecule has 0 heterocycles. The number of carbonyl (C=O) groups excluding carboxylic acids is 1. The first-order valence-corrected chi connectivity index (χ1v) is 5.12. The molecule has 1 amide bonds. The van der Waals surface area contributed by atoms with Crippen molar-refractivity contribution in [3.8, 4) is 0 Å². The lowest BCUT2D eigenvalue weighted by molar-refractivity contribution is -0.119. The number of halogens is 2. The summed E-state index contributed by atoms with van der Waals surface area (Å²) in [5, 5.41) is 1.16. The third-order valence-electron chi connectivity index (χ3n) is 2.57. The van der Waals surface area contributed by atoms with Gasteiger partial charge in [-0.05, 0) is 36.1 Å². The normalized spacial score (nSPS) is 19.4. The topological polar surface area (TPSA) is 43.1 Å². The Morgan fingerprint density at radius 3 is 2.79 bits per heavy atom. The van der Waals surface area contributed by atoms with Crippen LogP contribution >= 0.6 is 23.2 Å². The van der Waals surface area contributed by atoms with Crippen LogP contribution in [0.4, 0.5) is 0 Å². The summed E-state index contributed by atoms with van der Waals surface area (Å²) in [5.74, 6) is -0.553. The van der Waals surface area contributed by atoms with Crippen LogP contribution < -0.4 is 5.73 Å². The molecule has 0 saturated carbocycles. The van der Waals surface area contributed by atoms with Crippen LogP contribution in [-0.2, 0) is 11.2 Å². The zero-order valence-corrected chi connectivity index (χ0v) is 8.90. The number of carbonyl (C=O) groups is 1. The van der Waals surface area contributed by atoms with Crippen LogP contribution in [0.25, 0.3) is 0 Å². The molecule has 14 heavy (non-hydrogen) atoms. The third-order valence-corrected chi connectivity index (χ3v) is 3.11. The zero-order valence-electron chi connectivity index (χ0n) is 7.39. The fourth-order valence-corrected chi connectivity index (χ4v) is 2.63. The van der Waals surface area contributed by atoms with Crippen LogP contribution in [0.15, 0.2) is 12.1 Å². The summed E-state index contributed by atoms with van der Waals surface area (Å²) in [6.45, 7) is 0. The molecule has 2 nitrogen and oxygen atoms in total. The van der Waals surface area contributed by atoms with Crippen molar-refractivity contribution in [2.24, 2.45) is 5.73 Å². The van der Waals surface area contributed by atoms with Gasteiger partial charge in [0.25, 0.3) is 0 Å². The first-order valence-electron chi connectivity index (χ1n) is 4.36. The molecule has 1 unspecified atom stereocenters. The fourth-order valence-electron chi connectivity index (χ4n) is 1.96. The summed E-state index contributed by atoms with van der Waals surface area (Å²) in [4.78, 5) is 11.1. The molecule has 0 aromatic heterocycles. The number of nitrogens with two attached hydrogens (primary N) is 1. The predicted octanol–water partition coefficient (Wildman–Crippen LogP) is 2.51. The molecule has 1 aliphatic rings. The van der Waals surface area contributed by atoms with Gasteiger partial charge in [-0.3, -0.25) is 4.79 Å². The Morgan fingerprint density at radius 2 is 2.14 bits per heavy atom. The van der Waals surface area contributed by atoms with Gasteiger partial charge in [0, 0.05) is 10.0 Å². The van der Waals surface area contributed by atoms with Gasteiger partial charge in [0.1, 0.15) is 0 Å². The molecular weight excluding hydrogens is 221 g/mol. The maximum atomic E-state index is 11.1. The molecule has 0 bridgehead atoms. The van der Waals surface area contributed by atoms with Crippen molar-refractivity contribution in [1.29, 1.82) is 0 Å². The minimum atomic E-state index is -0.312. The highest BCUT2D eigenvalue weighted by Crippen LogP contribution is 2.39. The average Bonchev–Trinajstić information content (AvgIpc) is 2.47. The Kier molecular flexibility index (Phi) is 2.41. The van der Waals surface area contributed by atoms with Gasteiger partial charge in [-0.15, -0.1) is 0 Å². The number of primary amides is 1. The van der Waals surface area contributed by atoms with Gasteiger partial charge in [0.05, 0.1) is 5.92 Å². The summed E-state index contributed by atoms with van der Waals surface area (Å²) in [6, 6.07) is 3.51. The second kappa shape index (κ2) is 3.44. The monoisotopic (exact) mass is 229 g/mol. The molecular formula is C10H9Cl2NO. The Labute approximate surface area is 92.0 Å². The van der Waals surface area contributed by atoms with E-state index in [9.17, 15) is 4.79 Å². The van der Waals surface area contributed by atoms with Crippen molar-refractivity contribution in [3.63, 3.8) is 0 Å². The number of fused-ring (bicyclic) bond motifs is 1. The van der Waals surface area contributed by atoms with Crippen LogP contribution in [0, 0.1) is 0 Å². The summed E-state index contributed by atoms with van der Waals surface area (Å²) in [6.07, 6.45) is 1.56. The van der Waals surface area contributed by atoms with E-state index in [1.54, 1.807) is 6.07 Å². The molecule has 1 aliphatic carbocycles. The summed E-state index contributed by atoms with van der Waals surface area (Å²) >= 11 is 11.9. The van der Waals surface area contributed by atoms with E-state index in [1.807, 2.05) is 6.07 Å². The van der Waals surface area contributed by atoms with E-state index in [1.165, 1.54) is 0 Å². The first kappa shape index (κ1) is 9.81. The largest absolute Gasteiger partial charge is 0.369 e. The van der Waals surface area contributed by atoms with E-state index >= 15 is 0 Å². The summed E-state index contributed by atoms with van der Waals surface area (Å²) < 4.78 is 0. The van der Waals surface area contributed by atoms with Crippen LogP contribution in [0.2, 0.25) is 10.0 Å². The van der Waals surface area contributed by atoms with Crippen LogP contribution in [0.5, 0.6) is 0 Å². The predicted molar refractivity (Wildman–Crippen MR) is 56.7 cm³/mol. The van der Waals surface area contributed by atoms with Gasteiger partial charge in [-0.2, -0.15) is 0 Å². The quantitative estimate of drug-likeness (QED) is 0.791. The highest BCUT2D eigenvalue weighted by atomic mass is 35.5. The third kappa shape index (κ3) is 1.49. The maximum Gasteiger partial charge on any atom is 0.225 e. The van der Waals surface area contributed by atoms with Crippen LogP contribution in [-0.4, -0.2) is 5.91 Å². The molecule has 2 rings (SSSR count). The average molecular weight is 230 g/mol. The highest BCUT2D eigenvalue weighted by Gasteiger charge is 2.29. The first-order chi connectivity index (χ1) is 6.59. The minimum Gasteiger partial charge on any atom is -0.369 e. The van der Waals surface area contributed by atoms with Gasteiger partial charge < -0.3 is 5.73 Å². The van der Waals surface area contributed by atoms with Crippen LogP contribution in [0.3, 0.4) is 0 Å². The molecule has 1 aromatic rings. The lowest BCUT2D eigenvalue weighted by Crippen LogP contribution is -2.19. The molecule has 1 aromatic carbocycles. The van der Waals surface area contributed by atoms with Crippen molar-refractivity contribution in [1.82, 2.24) is 0 Å². The Morgan fingerprint density at radius 1 is 1.43 bits per heavy atom. The summed E-state index contributed by atoms with van der Waals surface area (Å²) in [5.41, 5.74) is 7.20. The van der Waals surface area contributed by atoms with Crippen molar-refractivity contribution in [3.05, 3.63) is 33.3 Å². The highest BCUT2D eigenvalue weighted by molar-refractivity contribution is 6.35. The van der Waals surface area contributed by atoms with Gasteiger partial charge in [-0.1, -0.05) is 23.2 Å². The molecule has 0 spiro atoms. The van der Waals surface area contributed by atoms with Gasteiger partial charge in [0.15, 0.2) is 0 Å². The van der Waals surface area contributed by atoms with Gasteiger partial charge >= 0.3 is 0 Å². The molecule has 0 aliphatic heterocycles. The lowest BCUT2D eigenvalue weighted by Gasteiger charge is -2.09. The maximum absolute atomic E-state index is 11.1. The number of hydrogen-bond donors (Lipinski definition) is 1. The van der Waals surface area contributed by atoms with Crippen LogP contribution in [0.1, 0.15) is 23.5 Å². The van der Waals surface area contributed by atoms with Gasteiger partial charge in [-0.25, -0.2) is 0 Å². The van der Waals surface area contributed by atoms with Gasteiger partial charge in [0.2, 0.25) is 5.91 Å². The van der Waals surface area contributed by atoms with E-state index in [2.05, 4.69) is 0 Å². The number of benzene rings is 1. The SMILES string of the molecule is NC(=O)C1CCc2cc(Cl)cc(Cl)c21. The van der Waals surface area contributed by atoms with Crippen molar-refractivity contribution >= 4 is 29.1 Å². The number of rotatable bonds is 1. The zero-order chi connectivity index (χ0) is 10.3. The number of hydrogen-bond acceptors (Lipinski definition) is 1. The Bertz CT molecular complexity index is 403. The standard InChI is InChI=1S/C10H9Cl2NO/c11-6-3-5-1-2-7(10(13)14)9(5)8(12)4-6/h3-4,7H,1-2H2,(H2,13,14). The molecule has 0 saturated heterocycles. The Hall–Kier alpha value is -0.730. The molecule has 0 radical (unpaired) electrons. The molecule has 74 valence electrons. The molecule has 0 fully saturated rings. The van der Waals surface area contributed by atoms with E-state index < -0.39 is 0 Å². The summed E-state index contributed by atoms with van der Waals surface area (Å²) in [7, 11) is 0. The fraction of sp³-hybridized carbons (Fsp3) is 0.300. The number of amides is 1. The lowest BCUT2D eigenvalue weighted by atomic mass is 10.0. The van der Waals surface area contributed by atoms with E-state index in [0.29, 0.717) is 10.0 Å². The molecule has 1 atom stereocenters. The second-order valence-electron chi connectivity index (χ2n) is 3.45. The second-order valence-corrected chi connectivity index (χ2v) is 4.30.